The fourth-order valence-corrected chi connectivity index (χ4v) is 2.99. The quantitative estimate of drug-likeness (QED) is 0.540. The van der Waals surface area contributed by atoms with Crippen molar-refractivity contribution in [3.63, 3.8) is 0 Å². The third-order valence-corrected chi connectivity index (χ3v) is 4.54. The molecule has 0 radical (unpaired) electrons. The van der Waals surface area contributed by atoms with Gasteiger partial charge in [0.05, 0.1) is 28.5 Å². The molecule has 0 saturated heterocycles. The van der Waals surface area contributed by atoms with Crippen LogP contribution in [0.3, 0.4) is 0 Å². The summed E-state index contributed by atoms with van der Waals surface area (Å²) in [4.78, 5) is 13.2. The highest BCUT2D eigenvalue weighted by Crippen LogP contribution is 2.25. The molecule has 1 aromatic carbocycles. The summed E-state index contributed by atoms with van der Waals surface area (Å²) in [5.74, 6) is -0.305. The predicted octanol–water partition coefficient (Wildman–Crippen LogP) is 3.66. The Hall–Kier alpha value is -2.25. The number of halogens is 1. The monoisotopic (exact) mass is 374 g/mol. The first kappa shape index (κ1) is 14.7. The maximum absolute atomic E-state index is 12.2. The summed E-state index contributed by atoms with van der Waals surface area (Å²) in [7, 11) is 0. The Bertz CT molecular complexity index is 811. The van der Waals surface area contributed by atoms with E-state index in [9.17, 15) is 4.79 Å². The Morgan fingerprint density at radius 2 is 2.18 bits per heavy atom. The number of hydrogen-bond acceptors (Lipinski definition) is 4. The molecule has 2 aromatic heterocycles. The highest BCUT2D eigenvalue weighted by atomic mass is 79.9. The Labute approximate surface area is 139 Å². The van der Waals surface area contributed by atoms with Crippen molar-refractivity contribution in [2.24, 2.45) is 5.10 Å². The lowest BCUT2D eigenvalue weighted by molar-refractivity contribution is 0.0956. The number of hydrazone groups is 1. The van der Waals surface area contributed by atoms with Gasteiger partial charge in [-0.25, -0.2) is 5.43 Å². The molecule has 0 saturated carbocycles. The van der Waals surface area contributed by atoms with Crippen LogP contribution in [0, 0.1) is 0 Å². The molecule has 3 aromatic rings. The molecule has 0 spiro atoms. The van der Waals surface area contributed by atoms with Crippen molar-refractivity contribution in [2.75, 3.05) is 0 Å². The number of aromatic amines is 1. The molecule has 1 amide bonds. The van der Waals surface area contributed by atoms with Crippen molar-refractivity contribution < 1.29 is 4.79 Å². The minimum absolute atomic E-state index is 0.305. The van der Waals surface area contributed by atoms with Gasteiger partial charge in [-0.3, -0.25) is 9.89 Å². The zero-order chi connectivity index (χ0) is 15.4. The second kappa shape index (κ2) is 6.67. The molecule has 2 heterocycles. The zero-order valence-electron chi connectivity index (χ0n) is 11.3. The zero-order valence-corrected chi connectivity index (χ0v) is 13.7. The van der Waals surface area contributed by atoms with Crippen LogP contribution < -0.4 is 5.43 Å². The summed E-state index contributed by atoms with van der Waals surface area (Å²) in [5.41, 5.74) is 4.56. The molecule has 0 aliphatic carbocycles. The molecule has 0 unspecified atom stereocenters. The van der Waals surface area contributed by atoms with Crippen LogP contribution in [0.4, 0.5) is 0 Å². The van der Waals surface area contributed by atoms with E-state index in [0.29, 0.717) is 11.3 Å². The van der Waals surface area contributed by atoms with Crippen LogP contribution in [0.25, 0.3) is 10.6 Å². The smallest absolute Gasteiger partial charge is 0.275 e. The first-order valence-electron chi connectivity index (χ1n) is 6.41. The van der Waals surface area contributed by atoms with E-state index in [1.54, 1.807) is 6.21 Å². The number of carbonyl (C=O) groups excluding carboxylic acids is 1. The molecule has 3 rings (SSSR count). The van der Waals surface area contributed by atoms with Crippen LogP contribution in [-0.2, 0) is 0 Å². The second-order valence-corrected chi connectivity index (χ2v) is 6.16. The minimum Gasteiger partial charge on any atom is -0.276 e. The molecule has 0 aliphatic rings. The second-order valence-electron chi connectivity index (χ2n) is 4.36. The van der Waals surface area contributed by atoms with E-state index >= 15 is 0 Å². The van der Waals surface area contributed by atoms with Crippen molar-refractivity contribution in [1.82, 2.24) is 15.6 Å². The summed E-state index contributed by atoms with van der Waals surface area (Å²) in [6, 6.07) is 11.5. The molecule has 0 bridgehead atoms. The maximum Gasteiger partial charge on any atom is 0.275 e. The van der Waals surface area contributed by atoms with Gasteiger partial charge in [0.2, 0.25) is 0 Å². The van der Waals surface area contributed by atoms with Crippen molar-refractivity contribution in [2.45, 2.75) is 0 Å². The van der Waals surface area contributed by atoms with Crippen LogP contribution in [0.15, 0.2) is 57.5 Å². The first-order chi connectivity index (χ1) is 10.8. The van der Waals surface area contributed by atoms with Crippen molar-refractivity contribution >= 4 is 39.4 Å². The summed E-state index contributed by atoms with van der Waals surface area (Å²) < 4.78 is 0.913. The van der Waals surface area contributed by atoms with E-state index < -0.39 is 0 Å². The number of H-pyrrole nitrogens is 1. The molecular weight excluding hydrogens is 364 g/mol. The standard InChI is InChI=1S/C15H11BrN4OS/c16-12-5-2-1-4-10(12)8-17-20-15(21)11-9-18-19-14(11)13-6-3-7-22-13/h1-9H,(H,18,19)(H,20,21). The molecule has 22 heavy (non-hydrogen) atoms. The molecule has 7 heteroatoms. The van der Waals surface area contributed by atoms with Crippen LogP contribution >= 0.6 is 27.3 Å². The summed E-state index contributed by atoms with van der Waals surface area (Å²) in [5, 5.41) is 12.7. The summed E-state index contributed by atoms with van der Waals surface area (Å²) >= 11 is 4.96. The van der Waals surface area contributed by atoms with Gasteiger partial charge in [0.25, 0.3) is 5.91 Å². The maximum atomic E-state index is 12.2. The third-order valence-electron chi connectivity index (χ3n) is 2.93. The number of aromatic nitrogens is 2. The molecule has 2 N–H and O–H groups in total. The van der Waals surface area contributed by atoms with Gasteiger partial charge in [0, 0.05) is 10.0 Å². The number of thiophene rings is 1. The number of benzene rings is 1. The van der Waals surface area contributed by atoms with E-state index in [0.717, 1.165) is 14.9 Å². The molecule has 110 valence electrons. The van der Waals surface area contributed by atoms with Crippen LogP contribution in [-0.4, -0.2) is 22.3 Å². The topological polar surface area (TPSA) is 70.1 Å². The molecule has 0 atom stereocenters. The van der Waals surface area contributed by atoms with Gasteiger partial charge in [-0.2, -0.15) is 10.2 Å². The fourth-order valence-electron chi connectivity index (χ4n) is 1.87. The molecular formula is C15H11BrN4OS. The lowest BCUT2D eigenvalue weighted by Crippen LogP contribution is -2.17. The number of amides is 1. The van der Waals surface area contributed by atoms with Crippen LogP contribution in [0.1, 0.15) is 15.9 Å². The highest BCUT2D eigenvalue weighted by molar-refractivity contribution is 9.10. The third kappa shape index (κ3) is 3.15. The normalized spacial score (nSPS) is 11.0. The lowest BCUT2D eigenvalue weighted by atomic mass is 10.2. The number of nitrogens with one attached hydrogen (secondary N) is 2. The van der Waals surface area contributed by atoms with E-state index in [1.807, 2.05) is 41.8 Å². The van der Waals surface area contributed by atoms with Gasteiger partial charge in [0.15, 0.2) is 0 Å². The van der Waals surface area contributed by atoms with Crippen molar-refractivity contribution in [3.8, 4) is 10.6 Å². The Morgan fingerprint density at radius 3 is 2.95 bits per heavy atom. The first-order valence-corrected chi connectivity index (χ1v) is 8.08. The molecule has 0 aliphatic heterocycles. The fraction of sp³-hybridized carbons (Fsp3) is 0. The van der Waals surface area contributed by atoms with Gasteiger partial charge in [-0.15, -0.1) is 11.3 Å². The summed E-state index contributed by atoms with van der Waals surface area (Å²) in [6.07, 6.45) is 3.09. The highest BCUT2D eigenvalue weighted by Gasteiger charge is 2.15. The number of rotatable bonds is 4. The lowest BCUT2D eigenvalue weighted by Gasteiger charge is -2.00. The van der Waals surface area contributed by atoms with Gasteiger partial charge < -0.3 is 0 Å². The van der Waals surface area contributed by atoms with E-state index in [1.165, 1.54) is 17.5 Å². The molecule has 0 fully saturated rings. The Morgan fingerprint density at radius 1 is 1.32 bits per heavy atom. The number of hydrogen-bond donors (Lipinski definition) is 2. The average Bonchev–Trinajstić information content (AvgIpc) is 3.19. The van der Waals surface area contributed by atoms with Gasteiger partial charge in [-0.1, -0.05) is 40.2 Å². The van der Waals surface area contributed by atoms with Crippen molar-refractivity contribution in [1.29, 1.82) is 0 Å². The predicted molar refractivity (Wildman–Crippen MR) is 91.1 cm³/mol. The summed E-state index contributed by atoms with van der Waals surface area (Å²) in [6.45, 7) is 0. The van der Waals surface area contributed by atoms with Gasteiger partial charge >= 0.3 is 0 Å². The van der Waals surface area contributed by atoms with E-state index in [4.69, 9.17) is 0 Å². The van der Waals surface area contributed by atoms with Gasteiger partial charge in [0.1, 0.15) is 0 Å². The van der Waals surface area contributed by atoms with Crippen LogP contribution in [0.2, 0.25) is 0 Å². The van der Waals surface area contributed by atoms with E-state index in [-0.39, 0.29) is 5.91 Å². The van der Waals surface area contributed by atoms with Gasteiger partial charge in [-0.05, 0) is 17.5 Å². The van der Waals surface area contributed by atoms with E-state index in [2.05, 4.69) is 36.7 Å². The van der Waals surface area contributed by atoms with Crippen LogP contribution in [0.5, 0.6) is 0 Å². The Kier molecular flexibility index (Phi) is 4.45. The largest absolute Gasteiger partial charge is 0.276 e. The number of carbonyl (C=O) groups is 1. The van der Waals surface area contributed by atoms with Crippen molar-refractivity contribution in [3.05, 3.63) is 63.6 Å². The SMILES string of the molecule is O=C(NN=Cc1ccccc1Br)c1cn[nH]c1-c1cccs1. The number of nitrogens with zero attached hydrogens (tertiary/aromatic N) is 2. The Balaban J connectivity index is 1.74. The minimum atomic E-state index is -0.305. The molecule has 5 nitrogen and oxygen atoms in total. The average molecular weight is 375 g/mol.